The molecule has 0 aromatic carbocycles. The standard InChI is InChI=1S/C9H10N2O2S/c1-2-13-8(12)5-7-6-11-3-4-14-9(11)10-7/h3-4,6H,2,5H2,1H3. The third-order valence-corrected chi connectivity index (χ3v) is 2.54. The number of fused-ring (bicyclic) bond motifs is 1. The number of hydrogen-bond donors (Lipinski definition) is 0. The maximum absolute atomic E-state index is 11.1. The Balaban J connectivity index is 2.11. The van der Waals surface area contributed by atoms with Gasteiger partial charge in [0, 0.05) is 17.8 Å². The predicted octanol–water partition coefficient (Wildman–Crippen LogP) is 1.50. The molecule has 0 unspecified atom stereocenters. The fourth-order valence-electron chi connectivity index (χ4n) is 1.22. The molecule has 14 heavy (non-hydrogen) atoms. The molecule has 2 aromatic heterocycles. The molecule has 0 spiro atoms. The Morgan fingerprint density at radius 1 is 1.71 bits per heavy atom. The van der Waals surface area contributed by atoms with Gasteiger partial charge in [-0.25, -0.2) is 4.98 Å². The number of carbonyl (C=O) groups excluding carboxylic acids is 1. The predicted molar refractivity (Wildman–Crippen MR) is 53.4 cm³/mol. The second-order valence-corrected chi connectivity index (χ2v) is 3.68. The number of nitrogens with zero attached hydrogens (tertiary/aromatic N) is 2. The summed E-state index contributed by atoms with van der Waals surface area (Å²) in [5.74, 6) is -0.224. The van der Waals surface area contributed by atoms with E-state index in [1.165, 1.54) is 0 Å². The van der Waals surface area contributed by atoms with E-state index < -0.39 is 0 Å². The molecule has 5 heteroatoms. The highest BCUT2D eigenvalue weighted by Crippen LogP contribution is 2.11. The van der Waals surface area contributed by atoms with Crippen molar-refractivity contribution in [3.63, 3.8) is 0 Å². The van der Waals surface area contributed by atoms with Gasteiger partial charge in [0.15, 0.2) is 4.96 Å². The third-order valence-electron chi connectivity index (χ3n) is 1.77. The van der Waals surface area contributed by atoms with E-state index in [4.69, 9.17) is 4.74 Å². The van der Waals surface area contributed by atoms with Gasteiger partial charge in [0.1, 0.15) is 0 Å². The Morgan fingerprint density at radius 3 is 3.29 bits per heavy atom. The summed E-state index contributed by atoms with van der Waals surface area (Å²) >= 11 is 1.55. The van der Waals surface area contributed by atoms with Crippen LogP contribution in [0.15, 0.2) is 17.8 Å². The molecule has 0 aliphatic rings. The summed E-state index contributed by atoms with van der Waals surface area (Å²) < 4.78 is 6.74. The number of aromatic nitrogens is 2. The molecule has 0 amide bonds. The van der Waals surface area contributed by atoms with Crippen LogP contribution in [0, 0.1) is 0 Å². The topological polar surface area (TPSA) is 43.6 Å². The van der Waals surface area contributed by atoms with E-state index in [0.717, 1.165) is 10.7 Å². The maximum Gasteiger partial charge on any atom is 0.311 e. The monoisotopic (exact) mass is 210 g/mol. The zero-order valence-electron chi connectivity index (χ0n) is 7.77. The van der Waals surface area contributed by atoms with E-state index in [2.05, 4.69) is 4.98 Å². The normalized spacial score (nSPS) is 10.6. The summed E-state index contributed by atoms with van der Waals surface area (Å²) in [6.07, 6.45) is 4.02. The average molecular weight is 210 g/mol. The van der Waals surface area contributed by atoms with Gasteiger partial charge >= 0.3 is 5.97 Å². The first-order valence-electron chi connectivity index (χ1n) is 4.36. The Kier molecular flexibility index (Phi) is 2.49. The number of esters is 1. The van der Waals surface area contributed by atoms with Crippen molar-refractivity contribution in [3.05, 3.63) is 23.5 Å². The van der Waals surface area contributed by atoms with Crippen LogP contribution >= 0.6 is 11.3 Å². The molecule has 0 aliphatic carbocycles. The molecular weight excluding hydrogens is 200 g/mol. The number of carbonyl (C=O) groups is 1. The minimum atomic E-state index is -0.224. The van der Waals surface area contributed by atoms with Crippen molar-refractivity contribution < 1.29 is 9.53 Å². The first kappa shape index (κ1) is 9.21. The highest BCUT2D eigenvalue weighted by molar-refractivity contribution is 7.15. The number of imidazole rings is 1. The number of ether oxygens (including phenoxy) is 1. The minimum Gasteiger partial charge on any atom is -0.466 e. The first-order chi connectivity index (χ1) is 6.79. The molecule has 0 radical (unpaired) electrons. The van der Waals surface area contributed by atoms with Crippen molar-refractivity contribution in [1.82, 2.24) is 9.38 Å². The van der Waals surface area contributed by atoms with Crippen LogP contribution in [0.4, 0.5) is 0 Å². The summed E-state index contributed by atoms with van der Waals surface area (Å²) in [6.45, 7) is 2.21. The van der Waals surface area contributed by atoms with Gasteiger partial charge in [-0.1, -0.05) is 0 Å². The van der Waals surface area contributed by atoms with Crippen LogP contribution in [-0.2, 0) is 16.0 Å². The lowest BCUT2D eigenvalue weighted by Gasteiger charge is -1.97. The van der Waals surface area contributed by atoms with E-state index in [1.54, 1.807) is 18.3 Å². The first-order valence-corrected chi connectivity index (χ1v) is 5.24. The van der Waals surface area contributed by atoms with E-state index in [1.807, 2.05) is 22.2 Å². The van der Waals surface area contributed by atoms with Gasteiger partial charge in [-0.2, -0.15) is 0 Å². The lowest BCUT2D eigenvalue weighted by Crippen LogP contribution is -2.07. The van der Waals surface area contributed by atoms with Gasteiger partial charge in [0.2, 0.25) is 0 Å². The van der Waals surface area contributed by atoms with Gasteiger partial charge in [-0.15, -0.1) is 11.3 Å². The van der Waals surface area contributed by atoms with Crippen LogP contribution in [0.2, 0.25) is 0 Å². The summed E-state index contributed by atoms with van der Waals surface area (Å²) in [5, 5.41) is 1.95. The molecule has 2 heterocycles. The van der Waals surface area contributed by atoms with Gasteiger partial charge < -0.3 is 4.74 Å². The number of thiazole rings is 1. The molecule has 2 aromatic rings. The fourth-order valence-corrected chi connectivity index (χ4v) is 1.94. The Labute approximate surface area is 85.1 Å². The lowest BCUT2D eigenvalue weighted by atomic mass is 10.3. The zero-order chi connectivity index (χ0) is 9.97. The second-order valence-electron chi connectivity index (χ2n) is 2.81. The third kappa shape index (κ3) is 1.77. The molecular formula is C9H10N2O2S. The molecule has 0 bridgehead atoms. The smallest absolute Gasteiger partial charge is 0.311 e. The van der Waals surface area contributed by atoms with Crippen LogP contribution in [0.3, 0.4) is 0 Å². The van der Waals surface area contributed by atoms with Gasteiger partial charge in [-0.3, -0.25) is 9.20 Å². The van der Waals surface area contributed by atoms with Crippen LogP contribution < -0.4 is 0 Å². The summed E-state index contributed by atoms with van der Waals surface area (Å²) in [7, 11) is 0. The van der Waals surface area contributed by atoms with E-state index in [0.29, 0.717) is 6.61 Å². The van der Waals surface area contributed by atoms with Gasteiger partial charge in [0.05, 0.1) is 18.7 Å². The maximum atomic E-state index is 11.1. The number of rotatable bonds is 3. The fraction of sp³-hybridized carbons (Fsp3) is 0.333. The summed E-state index contributed by atoms with van der Waals surface area (Å²) in [6, 6.07) is 0. The second kappa shape index (κ2) is 3.79. The molecule has 0 saturated heterocycles. The van der Waals surface area contributed by atoms with Crippen LogP contribution in [-0.4, -0.2) is 22.0 Å². The van der Waals surface area contributed by atoms with Crippen LogP contribution in [0.1, 0.15) is 12.6 Å². The Hall–Kier alpha value is -1.36. The van der Waals surface area contributed by atoms with Gasteiger partial charge in [0.25, 0.3) is 0 Å². The highest BCUT2D eigenvalue weighted by Gasteiger charge is 2.08. The molecule has 0 N–H and O–H groups in total. The van der Waals surface area contributed by atoms with Crippen molar-refractivity contribution in [3.8, 4) is 0 Å². The lowest BCUT2D eigenvalue weighted by molar-refractivity contribution is -0.142. The van der Waals surface area contributed by atoms with Crippen molar-refractivity contribution in [2.24, 2.45) is 0 Å². The van der Waals surface area contributed by atoms with Crippen molar-refractivity contribution in [2.75, 3.05) is 6.61 Å². The SMILES string of the molecule is CCOC(=O)Cc1cn2ccsc2n1. The summed E-state index contributed by atoms with van der Waals surface area (Å²) in [4.78, 5) is 16.3. The Bertz CT molecular complexity index is 418. The van der Waals surface area contributed by atoms with Crippen molar-refractivity contribution >= 4 is 22.3 Å². The van der Waals surface area contributed by atoms with Crippen molar-refractivity contribution in [2.45, 2.75) is 13.3 Å². The highest BCUT2D eigenvalue weighted by atomic mass is 32.1. The van der Waals surface area contributed by atoms with E-state index in [-0.39, 0.29) is 12.4 Å². The quantitative estimate of drug-likeness (QED) is 0.721. The van der Waals surface area contributed by atoms with Crippen LogP contribution in [0.5, 0.6) is 0 Å². The van der Waals surface area contributed by atoms with E-state index in [9.17, 15) is 4.79 Å². The summed E-state index contributed by atoms with van der Waals surface area (Å²) in [5.41, 5.74) is 0.760. The molecule has 0 saturated carbocycles. The van der Waals surface area contributed by atoms with Crippen LogP contribution in [0.25, 0.3) is 4.96 Å². The number of hydrogen-bond acceptors (Lipinski definition) is 4. The molecule has 4 nitrogen and oxygen atoms in total. The molecule has 74 valence electrons. The molecule has 0 fully saturated rings. The zero-order valence-corrected chi connectivity index (χ0v) is 8.58. The van der Waals surface area contributed by atoms with E-state index >= 15 is 0 Å². The average Bonchev–Trinajstić information content (AvgIpc) is 2.63. The molecule has 2 rings (SSSR count). The molecule has 0 aliphatic heterocycles. The Morgan fingerprint density at radius 2 is 2.57 bits per heavy atom. The largest absolute Gasteiger partial charge is 0.466 e. The minimum absolute atomic E-state index is 0.224. The molecule has 0 atom stereocenters. The van der Waals surface area contributed by atoms with Gasteiger partial charge in [-0.05, 0) is 6.92 Å². The van der Waals surface area contributed by atoms with Crippen molar-refractivity contribution in [1.29, 1.82) is 0 Å².